The van der Waals surface area contributed by atoms with Crippen LogP contribution >= 0.6 is 0 Å². The Balaban J connectivity index is 0.00000486. The maximum atomic E-state index is 14.6. The summed E-state index contributed by atoms with van der Waals surface area (Å²) >= 11 is 0. The first kappa shape index (κ1) is 37.2. The first-order chi connectivity index (χ1) is 23.5. The van der Waals surface area contributed by atoms with Gasteiger partial charge in [-0.2, -0.15) is 0 Å². The number of methoxy groups -OCH3 is 1. The minimum atomic E-state index is -0.374. The number of unbranched alkanes of at least 4 members (excludes halogenated alkanes) is 3. The molecule has 10 heteroatoms. The normalized spacial score (nSPS) is 19.8. The van der Waals surface area contributed by atoms with Gasteiger partial charge in [-0.1, -0.05) is 47.0 Å². The van der Waals surface area contributed by atoms with Crippen LogP contribution in [0.1, 0.15) is 110 Å². The topological polar surface area (TPSA) is 127 Å². The second-order valence-corrected chi connectivity index (χ2v) is 13.6. The molecule has 0 spiro atoms. The Morgan fingerprint density at radius 2 is 1.48 bits per heavy atom. The van der Waals surface area contributed by atoms with Gasteiger partial charge >= 0.3 is 22.5 Å². The summed E-state index contributed by atoms with van der Waals surface area (Å²) in [4.78, 5) is 32.9. The van der Waals surface area contributed by atoms with Crippen LogP contribution in [0.15, 0.2) is 66.5 Å². The molecule has 0 aromatic rings. The molecule has 0 radical (unpaired) electrons. The molecule has 9 nitrogen and oxygen atoms in total. The van der Waals surface area contributed by atoms with E-state index in [9.17, 15) is 15.0 Å². The van der Waals surface area contributed by atoms with E-state index in [1.807, 2.05) is 19.1 Å². The molecule has 0 saturated carbocycles. The van der Waals surface area contributed by atoms with Crippen molar-refractivity contribution in [3.05, 3.63) is 68.4 Å². The Morgan fingerprint density at radius 1 is 0.860 bits per heavy atom. The molecule has 0 saturated heterocycles. The van der Waals surface area contributed by atoms with Crippen molar-refractivity contribution >= 4 is 29.2 Å². The molecule has 6 heterocycles. The predicted molar refractivity (Wildman–Crippen MR) is 192 cm³/mol. The summed E-state index contributed by atoms with van der Waals surface area (Å²) in [7, 11) is 1.38. The zero-order valence-electron chi connectivity index (χ0n) is 30.4. The Morgan fingerprint density at radius 3 is 2.10 bits per heavy atom. The number of allylic oxidation sites excluding steroid dienone is 7. The van der Waals surface area contributed by atoms with E-state index in [4.69, 9.17) is 24.7 Å². The van der Waals surface area contributed by atoms with Crippen molar-refractivity contribution in [2.24, 2.45) is 26.8 Å². The first-order valence-corrected chi connectivity index (χ1v) is 17.8. The fourth-order valence-corrected chi connectivity index (χ4v) is 7.74. The van der Waals surface area contributed by atoms with Gasteiger partial charge < -0.3 is 19.5 Å². The molecule has 0 N–H and O–H groups in total. The van der Waals surface area contributed by atoms with E-state index in [2.05, 4.69) is 47.6 Å². The molecule has 266 valence electrons. The van der Waals surface area contributed by atoms with E-state index in [0.29, 0.717) is 41.2 Å². The van der Waals surface area contributed by atoms with E-state index >= 15 is 0 Å². The number of aliphatic imine (C=N–C) groups is 3. The van der Waals surface area contributed by atoms with Gasteiger partial charge in [-0.3, -0.25) is 9.79 Å². The molecule has 50 heavy (non-hydrogen) atoms. The standard InChI is InChI=1S/C40H49N5O4.Ni/c1-9-12-13-14-17-45-39(47)35-24(7)31-20-33-26(11-3)22(5)29(42-33)19-32-25(10-2)21(4)28(41-32)18-30-23(6)27(15-16-34(46)49-8)37(43-30)36(40(45)48)38(35)44-31;/h18-20,23,27,47-48H,9-17H2,1-8H3;/q;+2/p-2/t23-,27-;/m0./s1. The number of ether oxygens (including phenoxy) is 1. The summed E-state index contributed by atoms with van der Waals surface area (Å²) in [5.41, 5.74) is 11.7. The van der Waals surface area contributed by atoms with Crippen molar-refractivity contribution in [2.75, 3.05) is 7.11 Å². The Kier molecular flexibility index (Phi) is 11.2. The minimum Gasteiger partial charge on any atom is -0.860 e. The molecule has 6 aliphatic heterocycles. The van der Waals surface area contributed by atoms with Crippen molar-refractivity contribution < 1.29 is 36.2 Å². The zero-order valence-corrected chi connectivity index (χ0v) is 31.4. The van der Waals surface area contributed by atoms with E-state index < -0.39 is 0 Å². The van der Waals surface area contributed by atoms with Crippen molar-refractivity contribution in [1.82, 2.24) is 9.55 Å². The van der Waals surface area contributed by atoms with Gasteiger partial charge in [0, 0.05) is 41.6 Å². The zero-order chi connectivity index (χ0) is 35.1. The summed E-state index contributed by atoms with van der Waals surface area (Å²) in [6.07, 6.45) is 12.0. The van der Waals surface area contributed by atoms with Gasteiger partial charge in [0.2, 0.25) is 0 Å². The number of hydrogen-bond donors (Lipinski definition) is 0. The molecular weight excluding hydrogens is 673 g/mol. The maximum absolute atomic E-state index is 14.6. The molecule has 0 fully saturated rings. The Labute approximate surface area is 305 Å². The van der Waals surface area contributed by atoms with Crippen molar-refractivity contribution in [3.8, 4) is 23.0 Å². The second-order valence-electron chi connectivity index (χ2n) is 13.6. The van der Waals surface area contributed by atoms with Crippen LogP contribution in [0.5, 0.6) is 11.8 Å². The number of aromatic nitrogens is 2. The van der Waals surface area contributed by atoms with Gasteiger partial charge in [-0.15, -0.1) is 0 Å². The monoisotopic (exact) mass is 719 g/mol. The molecular formula is C40H47N5NiO4. The molecule has 8 bridgehead atoms. The quantitative estimate of drug-likeness (QED) is 0.143. The van der Waals surface area contributed by atoms with Gasteiger partial charge in [0.25, 0.3) is 0 Å². The van der Waals surface area contributed by atoms with Gasteiger partial charge in [0.1, 0.15) is 0 Å². The average Bonchev–Trinajstić information content (AvgIpc) is 3.76. The summed E-state index contributed by atoms with van der Waals surface area (Å²) in [5, 5.41) is 28.8. The Hall–Kier alpha value is -4.04. The third-order valence-corrected chi connectivity index (χ3v) is 10.7. The Bertz CT molecular complexity index is 1950. The second kappa shape index (κ2) is 15.1. The predicted octanol–water partition coefficient (Wildman–Crippen LogP) is 7.51. The van der Waals surface area contributed by atoms with E-state index in [1.54, 1.807) is 0 Å². The van der Waals surface area contributed by atoms with Crippen LogP contribution in [-0.2, 0) is 32.6 Å². The van der Waals surface area contributed by atoms with Crippen molar-refractivity contribution in [3.63, 3.8) is 0 Å². The number of nitrogens with zero attached hydrogens (tertiary/aromatic N) is 5. The molecule has 0 aromatic carbocycles. The van der Waals surface area contributed by atoms with E-state index in [0.717, 1.165) is 94.9 Å². The SMILES string of the molecule is CCCCCCn1c([O-])c2c3nc(c(C)c-3c1[O-])C=C1N=C(C=C3N=C(C=C4N=C2[C@@H](CCC(=O)OC)[C@@H]4C)C(C)=C3CC)C(C)=C1CC.[Ni+2]. The minimum absolute atomic E-state index is 0. The number of carbonyl (C=O) groups is 1. The van der Waals surface area contributed by atoms with Crippen molar-refractivity contribution in [2.45, 2.75) is 106 Å². The van der Waals surface area contributed by atoms with Crippen LogP contribution in [0.3, 0.4) is 0 Å². The molecule has 6 rings (SSSR count). The van der Waals surface area contributed by atoms with E-state index in [-0.39, 0.29) is 52.5 Å². The fraction of sp³-hybridized carbons (Fsp3) is 0.475. The van der Waals surface area contributed by atoms with Crippen LogP contribution in [-0.4, -0.2) is 39.8 Å². The smallest absolute Gasteiger partial charge is 0.860 e. The van der Waals surface area contributed by atoms with E-state index in [1.165, 1.54) is 11.7 Å². The van der Waals surface area contributed by atoms with Gasteiger partial charge in [0.15, 0.2) is 0 Å². The van der Waals surface area contributed by atoms with Gasteiger partial charge in [-0.05, 0) is 104 Å². The number of rotatable bonds is 10. The summed E-state index contributed by atoms with van der Waals surface area (Å²) in [6, 6.07) is 0. The number of fused-ring (bicyclic) bond motifs is 5. The van der Waals surface area contributed by atoms with Gasteiger partial charge in [-0.25, -0.2) is 15.0 Å². The largest absolute Gasteiger partial charge is 2.00 e. The molecule has 0 amide bonds. The van der Waals surface area contributed by atoms with Crippen LogP contribution < -0.4 is 10.2 Å². The summed E-state index contributed by atoms with van der Waals surface area (Å²) in [5.74, 6) is -1.41. The molecule has 2 atom stereocenters. The van der Waals surface area contributed by atoms with Crippen molar-refractivity contribution in [1.29, 1.82) is 0 Å². The molecule has 6 aliphatic rings. The fourth-order valence-electron chi connectivity index (χ4n) is 7.74. The molecule has 0 aromatic heterocycles. The first-order valence-electron chi connectivity index (χ1n) is 17.8. The third kappa shape index (κ3) is 6.36. The summed E-state index contributed by atoms with van der Waals surface area (Å²) in [6.45, 7) is 14.9. The molecule has 0 unspecified atom stereocenters. The average molecular weight is 721 g/mol. The van der Waals surface area contributed by atoms with Gasteiger partial charge in [0.05, 0.1) is 47.0 Å². The summed E-state index contributed by atoms with van der Waals surface area (Å²) < 4.78 is 6.41. The van der Waals surface area contributed by atoms with Crippen LogP contribution in [0.4, 0.5) is 0 Å². The number of hydrogen-bond acceptors (Lipinski definition) is 8. The number of pyridine rings is 1. The molecule has 0 aliphatic carbocycles. The van der Waals surface area contributed by atoms with Crippen LogP contribution in [0, 0.1) is 18.8 Å². The van der Waals surface area contributed by atoms with Crippen LogP contribution in [0.2, 0.25) is 0 Å². The maximum Gasteiger partial charge on any atom is 2.00 e. The number of esters is 1. The van der Waals surface area contributed by atoms with Crippen LogP contribution in [0.25, 0.3) is 17.3 Å². The number of carbonyl (C=O) groups excluding carboxylic acids is 1. The third-order valence-electron chi connectivity index (χ3n) is 10.7.